The molecule has 1 aliphatic carbocycles. The number of phenolic OH excluding ortho intramolecular Hbond substituents is 1. The van der Waals surface area contributed by atoms with E-state index in [4.69, 9.17) is 5.73 Å². The third kappa shape index (κ3) is 3.52. The lowest BCUT2D eigenvalue weighted by Crippen LogP contribution is -2.57. The van der Waals surface area contributed by atoms with Gasteiger partial charge in [0.1, 0.15) is 11.3 Å². The SMILES string of the molecule is N[C@@H](Cc1ccc(O)cc1)C(=O)NC1(C(=O)O)CCCC1. The number of carboxylic acids is 1. The van der Waals surface area contributed by atoms with Crippen LogP contribution in [0.4, 0.5) is 0 Å². The fraction of sp³-hybridized carbons (Fsp3) is 0.467. The monoisotopic (exact) mass is 292 g/mol. The number of aliphatic carboxylic acids is 1. The maximum absolute atomic E-state index is 12.1. The predicted octanol–water partition coefficient (Wildman–Crippen LogP) is 0.776. The molecular weight excluding hydrogens is 272 g/mol. The van der Waals surface area contributed by atoms with Gasteiger partial charge in [-0.1, -0.05) is 25.0 Å². The molecule has 1 aliphatic rings. The van der Waals surface area contributed by atoms with Gasteiger partial charge in [0.25, 0.3) is 0 Å². The van der Waals surface area contributed by atoms with Crippen molar-refractivity contribution in [2.75, 3.05) is 0 Å². The molecule has 1 fully saturated rings. The molecule has 0 aromatic heterocycles. The van der Waals surface area contributed by atoms with E-state index in [2.05, 4.69) is 5.32 Å². The highest BCUT2D eigenvalue weighted by molar-refractivity contribution is 5.89. The molecule has 0 bridgehead atoms. The highest BCUT2D eigenvalue weighted by Crippen LogP contribution is 2.30. The van der Waals surface area contributed by atoms with E-state index in [-0.39, 0.29) is 5.75 Å². The van der Waals surface area contributed by atoms with Gasteiger partial charge in [-0.15, -0.1) is 0 Å². The molecule has 0 saturated heterocycles. The average molecular weight is 292 g/mol. The number of amides is 1. The Morgan fingerprint density at radius 2 is 1.81 bits per heavy atom. The Bertz CT molecular complexity index is 521. The summed E-state index contributed by atoms with van der Waals surface area (Å²) in [5.74, 6) is -1.30. The van der Waals surface area contributed by atoms with Gasteiger partial charge in [0.2, 0.25) is 5.91 Å². The molecule has 0 unspecified atom stereocenters. The number of rotatable bonds is 5. The standard InChI is InChI=1S/C15H20N2O4/c16-12(9-10-3-5-11(18)6-4-10)13(19)17-15(14(20)21)7-1-2-8-15/h3-6,12,18H,1-2,7-9,16H2,(H,17,19)(H,20,21)/t12-/m0/s1. The summed E-state index contributed by atoms with van der Waals surface area (Å²) < 4.78 is 0. The number of nitrogens with one attached hydrogen (secondary N) is 1. The summed E-state index contributed by atoms with van der Waals surface area (Å²) in [7, 11) is 0. The van der Waals surface area contributed by atoms with E-state index < -0.39 is 23.5 Å². The molecule has 1 aromatic rings. The maximum atomic E-state index is 12.1. The highest BCUT2D eigenvalue weighted by Gasteiger charge is 2.43. The molecule has 1 aromatic carbocycles. The van der Waals surface area contributed by atoms with Crippen LogP contribution in [-0.2, 0) is 16.0 Å². The van der Waals surface area contributed by atoms with E-state index in [1.54, 1.807) is 12.1 Å². The van der Waals surface area contributed by atoms with Gasteiger partial charge in [0.15, 0.2) is 0 Å². The Labute approximate surface area is 123 Å². The molecule has 6 heteroatoms. The first-order valence-corrected chi connectivity index (χ1v) is 7.02. The lowest BCUT2D eigenvalue weighted by molar-refractivity contribution is -0.147. The summed E-state index contributed by atoms with van der Waals surface area (Å²) >= 11 is 0. The van der Waals surface area contributed by atoms with E-state index in [9.17, 15) is 19.8 Å². The fourth-order valence-electron chi connectivity index (χ4n) is 2.68. The topological polar surface area (TPSA) is 113 Å². The molecule has 0 radical (unpaired) electrons. The molecule has 114 valence electrons. The molecule has 2 rings (SSSR count). The van der Waals surface area contributed by atoms with Crippen LogP contribution < -0.4 is 11.1 Å². The zero-order valence-corrected chi connectivity index (χ0v) is 11.7. The van der Waals surface area contributed by atoms with Crippen molar-refractivity contribution in [2.45, 2.75) is 43.7 Å². The summed E-state index contributed by atoms with van der Waals surface area (Å²) in [5, 5.41) is 21.2. The van der Waals surface area contributed by atoms with Crippen molar-refractivity contribution in [1.29, 1.82) is 0 Å². The summed E-state index contributed by atoms with van der Waals surface area (Å²) in [6.07, 6.45) is 2.77. The second-order valence-electron chi connectivity index (χ2n) is 5.56. The van der Waals surface area contributed by atoms with Crippen LogP contribution in [0.15, 0.2) is 24.3 Å². The minimum atomic E-state index is -1.16. The van der Waals surface area contributed by atoms with Crippen molar-refractivity contribution < 1.29 is 19.8 Å². The van der Waals surface area contributed by atoms with Gasteiger partial charge in [-0.3, -0.25) is 4.79 Å². The number of carboxylic acid groups (broad SMARTS) is 1. The van der Waals surface area contributed by atoms with E-state index in [1.807, 2.05) is 0 Å². The smallest absolute Gasteiger partial charge is 0.329 e. The summed E-state index contributed by atoms with van der Waals surface area (Å²) in [4.78, 5) is 23.5. The summed E-state index contributed by atoms with van der Waals surface area (Å²) in [5.41, 5.74) is 5.51. The van der Waals surface area contributed by atoms with E-state index >= 15 is 0 Å². The molecule has 0 spiro atoms. The maximum Gasteiger partial charge on any atom is 0.329 e. The van der Waals surface area contributed by atoms with Crippen molar-refractivity contribution in [3.8, 4) is 5.75 Å². The van der Waals surface area contributed by atoms with Crippen LogP contribution in [0.3, 0.4) is 0 Å². The second kappa shape index (κ2) is 6.13. The summed E-state index contributed by atoms with van der Waals surface area (Å²) in [6.45, 7) is 0. The predicted molar refractivity (Wildman–Crippen MR) is 76.8 cm³/mol. The van der Waals surface area contributed by atoms with Crippen LogP contribution in [0.2, 0.25) is 0 Å². The van der Waals surface area contributed by atoms with E-state index in [0.717, 1.165) is 18.4 Å². The molecule has 1 amide bonds. The van der Waals surface area contributed by atoms with Crippen LogP contribution in [-0.4, -0.2) is 33.7 Å². The Hall–Kier alpha value is -2.08. The Morgan fingerprint density at radius 1 is 1.24 bits per heavy atom. The largest absolute Gasteiger partial charge is 0.508 e. The van der Waals surface area contributed by atoms with Crippen LogP contribution in [0.25, 0.3) is 0 Å². The molecule has 0 heterocycles. The first-order valence-electron chi connectivity index (χ1n) is 7.02. The van der Waals surface area contributed by atoms with Gasteiger partial charge in [-0.2, -0.15) is 0 Å². The number of hydrogen-bond acceptors (Lipinski definition) is 4. The zero-order valence-electron chi connectivity index (χ0n) is 11.7. The fourth-order valence-corrected chi connectivity index (χ4v) is 2.68. The van der Waals surface area contributed by atoms with Gasteiger partial charge in [0.05, 0.1) is 6.04 Å². The van der Waals surface area contributed by atoms with Crippen molar-refractivity contribution in [2.24, 2.45) is 5.73 Å². The van der Waals surface area contributed by atoms with Crippen LogP contribution in [0.5, 0.6) is 5.75 Å². The van der Waals surface area contributed by atoms with Crippen molar-refractivity contribution in [1.82, 2.24) is 5.32 Å². The van der Waals surface area contributed by atoms with Crippen molar-refractivity contribution >= 4 is 11.9 Å². The number of carbonyl (C=O) groups excluding carboxylic acids is 1. The third-order valence-corrected chi connectivity index (χ3v) is 3.96. The molecular formula is C15H20N2O4. The van der Waals surface area contributed by atoms with Crippen molar-refractivity contribution in [3.63, 3.8) is 0 Å². The average Bonchev–Trinajstić information content (AvgIpc) is 2.91. The third-order valence-electron chi connectivity index (χ3n) is 3.96. The molecule has 6 nitrogen and oxygen atoms in total. The number of aromatic hydroxyl groups is 1. The number of benzene rings is 1. The van der Waals surface area contributed by atoms with E-state index in [0.29, 0.717) is 19.3 Å². The van der Waals surface area contributed by atoms with Crippen LogP contribution in [0.1, 0.15) is 31.2 Å². The van der Waals surface area contributed by atoms with Gasteiger partial charge in [-0.25, -0.2) is 4.79 Å². The quantitative estimate of drug-likeness (QED) is 0.640. The minimum Gasteiger partial charge on any atom is -0.508 e. The Morgan fingerprint density at radius 3 is 2.33 bits per heavy atom. The normalized spacial score (nSPS) is 18.1. The zero-order chi connectivity index (χ0) is 15.5. The molecule has 1 saturated carbocycles. The number of carbonyl (C=O) groups is 2. The Balaban J connectivity index is 1.99. The number of nitrogens with two attached hydrogens (primary N) is 1. The minimum absolute atomic E-state index is 0.146. The first-order chi connectivity index (χ1) is 9.93. The van der Waals surface area contributed by atoms with Gasteiger partial charge < -0.3 is 21.3 Å². The molecule has 5 N–H and O–H groups in total. The number of hydrogen-bond donors (Lipinski definition) is 4. The molecule has 21 heavy (non-hydrogen) atoms. The van der Waals surface area contributed by atoms with Gasteiger partial charge in [-0.05, 0) is 37.0 Å². The van der Waals surface area contributed by atoms with E-state index in [1.165, 1.54) is 12.1 Å². The number of phenols is 1. The summed E-state index contributed by atoms with van der Waals surface area (Å²) in [6, 6.07) is 5.60. The lowest BCUT2D eigenvalue weighted by atomic mass is 9.96. The van der Waals surface area contributed by atoms with Gasteiger partial charge >= 0.3 is 5.97 Å². The van der Waals surface area contributed by atoms with Crippen molar-refractivity contribution in [3.05, 3.63) is 29.8 Å². The Kier molecular flexibility index (Phi) is 4.47. The first kappa shape index (κ1) is 15.3. The lowest BCUT2D eigenvalue weighted by Gasteiger charge is -2.27. The van der Waals surface area contributed by atoms with Gasteiger partial charge in [0, 0.05) is 0 Å². The van der Waals surface area contributed by atoms with Crippen LogP contribution in [0, 0.1) is 0 Å². The second-order valence-corrected chi connectivity index (χ2v) is 5.56. The molecule has 0 aliphatic heterocycles. The van der Waals surface area contributed by atoms with Crippen LogP contribution >= 0.6 is 0 Å². The molecule has 1 atom stereocenters. The highest BCUT2D eigenvalue weighted by atomic mass is 16.4.